The summed E-state index contributed by atoms with van der Waals surface area (Å²) < 4.78 is 5.59. The van der Waals surface area contributed by atoms with Crippen molar-refractivity contribution in [3.8, 4) is 0 Å². The zero-order valence-corrected chi connectivity index (χ0v) is 12.3. The molecule has 4 rings (SSSR count). The summed E-state index contributed by atoms with van der Waals surface area (Å²) in [6.07, 6.45) is 4.48. The monoisotopic (exact) mass is 313 g/mol. The lowest BCUT2D eigenvalue weighted by atomic mass is 10.2. The Hall–Kier alpha value is -2.74. The third-order valence-corrected chi connectivity index (χ3v) is 4.19. The van der Waals surface area contributed by atoms with Crippen LogP contribution in [0.15, 0.2) is 36.7 Å². The number of ether oxygens (including phenoxy) is 1. The Kier molecular flexibility index (Phi) is 3.30. The summed E-state index contributed by atoms with van der Waals surface area (Å²) in [5.74, 6) is 0.977. The van der Waals surface area contributed by atoms with E-state index in [2.05, 4.69) is 20.2 Å². The Bertz CT molecular complexity index is 739. The van der Waals surface area contributed by atoms with E-state index in [-0.39, 0.29) is 17.6 Å². The number of fused-ring (bicyclic) bond motifs is 2. The van der Waals surface area contributed by atoms with E-state index in [1.165, 1.54) is 6.07 Å². The number of morpholine rings is 1. The average Bonchev–Trinajstić information content (AvgIpc) is 3.18. The molecule has 0 radical (unpaired) electrons. The van der Waals surface area contributed by atoms with Gasteiger partial charge in [-0.3, -0.25) is 15.1 Å². The minimum atomic E-state index is -0.431. The third kappa shape index (κ3) is 2.57. The number of anilines is 3. The number of hydrogen-bond donors (Lipinski definition) is 1. The highest BCUT2D eigenvalue weighted by Gasteiger charge is 2.40. The van der Waals surface area contributed by atoms with Crippen molar-refractivity contribution >= 4 is 23.0 Å². The van der Waals surface area contributed by atoms with Gasteiger partial charge < -0.3 is 15.0 Å². The molecule has 0 spiro atoms. The molecule has 2 aliphatic rings. The Balaban J connectivity index is 1.67. The van der Waals surface area contributed by atoms with Crippen LogP contribution in [0.4, 0.5) is 23.0 Å². The zero-order chi connectivity index (χ0) is 15.8. The van der Waals surface area contributed by atoms with Crippen molar-refractivity contribution in [1.82, 2.24) is 9.97 Å². The number of aromatic nitrogens is 2. The lowest BCUT2D eigenvalue weighted by molar-refractivity contribution is -0.384. The van der Waals surface area contributed by atoms with E-state index in [0.717, 1.165) is 18.8 Å². The van der Waals surface area contributed by atoms with Crippen LogP contribution in [0.5, 0.6) is 0 Å². The topological polar surface area (TPSA) is 93.4 Å². The number of nitrogens with one attached hydrogen (secondary N) is 1. The lowest BCUT2D eigenvalue weighted by Crippen LogP contribution is -2.37. The normalized spacial score (nSPS) is 22.3. The zero-order valence-electron chi connectivity index (χ0n) is 12.3. The number of rotatable bonds is 4. The van der Waals surface area contributed by atoms with Crippen molar-refractivity contribution < 1.29 is 9.66 Å². The van der Waals surface area contributed by atoms with Crippen LogP contribution in [0.3, 0.4) is 0 Å². The van der Waals surface area contributed by atoms with E-state index in [1.807, 2.05) is 0 Å². The van der Waals surface area contributed by atoms with Gasteiger partial charge in [-0.05, 0) is 24.6 Å². The first-order chi connectivity index (χ1) is 11.2. The summed E-state index contributed by atoms with van der Waals surface area (Å²) in [7, 11) is 0. The highest BCUT2D eigenvalue weighted by molar-refractivity contribution is 5.68. The smallest absolute Gasteiger partial charge is 0.311 e. The fourth-order valence-corrected chi connectivity index (χ4v) is 3.09. The van der Waals surface area contributed by atoms with E-state index in [0.29, 0.717) is 18.3 Å². The molecule has 0 aromatic carbocycles. The highest BCUT2D eigenvalue weighted by Crippen LogP contribution is 2.34. The lowest BCUT2D eigenvalue weighted by Gasteiger charge is -2.28. The molecule has 2 fully saturated rings. The molecule has 2 aromatic heterocycles. The van der Waals surface area contributed by atoms with Gasteiger partial charge in [-0.2, -0.15) is 0 Å². The Morgan fingerprint density at radius 1 is 1.30 bits per heavy atom. The van der Waals surface area contributed by atoms with Crippen molar-refractivity contribution in [2.45, 2.75) is 18.6 Å². The van der Waals surface area contributed by atoms with Crippen molar-refractivity contribution in [1.29, 1.82) is 0 Å². The van der Waals surface area contributed by atoms with Crippen LogP contribution in [0.25, 0.3) is 0 Å². The fourth-order valence-electron chi connectivity index (χ4n) is 3.09. The Morgan fingerprint density at radius 3 is 2.78 bits per heavy atom. The van der Waals surface area contributed by atoms with Gasteiger partial charge in [0.2, 0.25) is 5.82 Å². The number of hydrogen-bond acceptors (Lipinski definition) is 7. The van der Waals surface area contributed by atoms with Gasteiger partial charge in [-0.15, -0.1) is 0 Å². The Labute approximate surface area is 132 Å². The molecule has 4 heterocycles. The van der Waals surface area contributed by atoms with Gasteiger partial charge in [0, 0.05) is 30.7 Å². The quantitative estimate of drug-likeness (QED) is 0.682. The molecule has 8 nitrogen and oxygen atoms in total. The van der Waals surface area contributed by atoms with Crippen LogP contribution < -0.4 is 10.2 Å². The SMILES string of the molecule is O=[N+]([O-])c1ccc(N2C[C@H]3C[C@@H]2CO3)nc1Nc1ccncc1. The summed E-state index contributed by atoms with van der Waals surface area (Å²) in [4.78, 5) is 21.4. The average molecular weight is 313 g/mol. The van der Waals surface area contributed by atoms with Gasteiger partial charge in [-0.1, -0.05) is 0 Å². The second-order valence-corrected chi connectivity index (χ2v) is 5.65. The molecule has 2 aromatic rings. The first-order valence-electron chi connectivity index (χ1n) is 7.41. The Morgan fingerprint density at radius 2 is 2.13 bits per heavy atom. The van der Waals surface area contributed by atoms with Crippen LogP contribution >= 0.6 is 0 Å². The standard InChI is InChI=1S/C15H15N5O3/c21-20(22)13-1-2-14(19-8-12-7-11(19)9-23-12)18-15(13)17-10-3-5-16-6-4-10/h1-6,11-12H,7-9H2,(H,16,17,18)/t11-,12-/m1/s1. The largest absolute Gasteiger partial charge is 0.374 e. The van der Waals surface area contributed by atoms with Crippen LogP contribution in [0, 0.1) is 10.1 Å². The van der Waals surface area contributed by atoms with Crippen molar-refractivity contribution in [2.24, 2.45) is 0 Å². The van der Waals surface area contributed by atoms with Crippen LogP contribution in [-0.4, -0.2) is 40.2 Å². The van der Waals surface area contributed by atoms with Gasteiger partial charge in [0.1, 0.15) is 5.82 Å². The molecule has 0 unspecified atom stereocenters. The number of nitro groups is 1. The molecule has 0 saturated carbocycles. The predicted octanol–water partition coefficient (Wildman–Crippen LogP) is 2.11. The van der Waals surface area contributed by atoms with Gasteiger partial charge >= 0.3 is 5.69 Å². The molecule has 2 aliphatic heterocycles. The summed E-state index contributed by atoms with van der Waals surface area (Å²) >= 11 is 0. The minimum Gasteiger partial charge on any atom is -0.374 e. The van der Waals surface area contributed by atoms with E-state index in [4.69, 9.17) is 4.74 Å². The van der Waals surface area contributed by atoms with E-state index in [1.54, 1.807) is 30.6 Å². The second kappa shape index (κ2) is 5.47. The van der Waals surface area contributed by atoms with Crippen LogP contribution in [0.1, 0.15) is 6.42 Å². The first kappa shape index (κ1) is 13.9. The van der Waals surface area contributed by atoms with Crippen molar-refractivity contribution in [3.05, 3.63) is 46.8 Å². The molecule has 2 saturated heterocycles. The van der Waals surface area contributed by atoms with Crippen LogP contribution in [-0.2, 0) is 4.74 Å². The molecular formula is C15H15N5O3. The maximum absolute atomic E-state index is 11.3. The molecule has 2 atom stereocenters. The van der Waals surface area contributed by atoms with E-state index < -0.39 is 4.92 Å². The van der Waals surface area contributed by atoms with Gasteiger partial charge in [0.05, 0.1) is 23.7 Å². The summed E-state index contributed by atoms with van der Waals surface area (Å²) in [5.41, 5.74) is 0.658. The molecule has 1 N–H and O–H groups in total. The van der Waals surface area contributed by atoms with E-state index >= 15 is 0 Å². The molecule has 0 aliphatic carbocycles. The maximum atomic E-state index is 11.3. The van der Waals surface area contributed by atoms with Crippen molar-refractivity contribution in [2.75, 3.05) is 23.4 Å². The maximum Gasteiger partial charge on any atom is 0.311 e. The molecule has 23 heavy (non-hydrogen) atoms. The number of nitrogens with zero attached hydrogens (tertiary/aromatic N) is 4. The third-order valence-electron chi connectivity index (χ3n) is 4.19. The predicted molar refractivity (Wildman–Crippen MR) is 83.9 cm³/mol. The molecule has 8 heteroatoms. The minimum absolute atomic E-state index is 0.0498. The summed E-state index contributed by atoms with van der Waals surface area (Å²) in [5, 5.41) is 14.3. The molecular weight excluding hydrogens is 298 g/mol. The van der Waals surface area contributed by atoms with Crippen LogP contribution in [0.2, 0.25) is 0 Å². The number of pyridine rings is 2. The summed E-state index contributed by atoms with van der Waals surface area (Å²) in [6.45, 7) is 1.47. The molecule has 2 bridgehead atoms. The highest BCUT2D eigenvalue weighted by atomic mass is 16.6. The van der Waals surface area contributed by atoms with Gasteiger partial charge in [0.15, 0.2) is 0 Å². The summed E-state index contributed by atoms with van der Waals surface area (Å²) in [6, 6.07) is 6.99. The fraction of sp³-hybridized carbons (Fsp3) is 0.333. The van der Waals surface area contributed by atoms with E-state index in [9.17, 15) is 10.1 Å². The second-order valence-electron chi connectivity index (χ2n) is 5.65. The van der Waals surface area contributed by atoms with Gasteiger partial charge in [-0.25, -0.2) is 4.98 Å². The molecule has 0 amide bonds. The van der Waals surface area contributed by atoms with Crippen molar-refractivity contribution in [3.63, 3.8) is 0 Å². The molecule has 118 valence electrons. The van der Waals surface area contributed by atoms with Gasteiger partial charge in [0.25, 0.3) is 0 Å². The first-order valence-corrected chi connectivity index (χ1v) is 7.41.